The van der Waals surface area contributed by atoms with Crippen LogP contribution in [0.25, 0.3) is 0 Å². The highest BCUT2D eigenvalue weighted by atomic mass is 16.5. The molecule has 1 heteroatoms. The lowest BCUT2D eigenvalue weighted by Gasteiger charge is -2.39. The molecule has 0 unspecified atom stereocenters. The molecule has 0 bridgehead atoms. The summed E-state index contributed by atoms with van der Waals surface area (Å²) in [4.78, 5) is 0. The van der Waals surface area contributed by atoms with Gasteiger partial charge < -0.3 is 4.74 Å². The predicted octanol–water partition coefficient (Wildman–Crippen LogP) is 3.14. The maximum absolute atomic E-state index is 5.72. The molecule has 0 aromatic rings. The molecule has 0 aromatic carbocycles. The normalized spacial score (nSPS) is 20.2. The Kier molecular flexibility index (Phi) is 2.61. The predicted molar refractivity (Wildman–Crippen MR) is 51.8 cm³/mol. The third-order valence-corrected chi connectivity index (χ3v) is 2.62. The minimum atomic E-state index is -0.0885. The van der Waals surface area contributed by atoms with Gasteiger partial charge in [-0.1, -0.05) is 33.8 Å². The summed E-state index contributed by atoms with van der Waals surface area (Å²) in [5.74, 6) is 1.03. The fraction of sp³-hybridized carbons (Fsp3) is 0.636. The molecule has 0 atom stereocenters. The lowest BCUT2D eigenvalue weighted by atomic mass is 9.79. The van der Waals surface area contributed by atoms with Gasteiger partial charge in [0, 0.05) is 0 Å². The van der Waals surface area contributed by atoms with E-state index >= 15 is 0 Å². The van der Waals surface area contributed by atoms with Crippen molar-refractivity contribution in [2.24, 2.45) is 11.8 Å². The third-order valence-electron chi connectivity index (χ3n) is 2.62. The minimum absolute atomic E-state index is 0.0885. The average Bonchev–Trinajstić information content (AvgIpc) is 2.05. The van der Waals surface area contributed by atoms with Crippen molar-refractivity contribution in [3.8, 4) is 0 Å². The van der Waals surface area contributed by atoms with Crippen LogP contribution in [0.2, 0.25) is 0 Å². The molecule has 0 spiro atoms. The van der Waals surface area contributed by atoms with E-state index in [4.69, 9.17) is 4.74 Å². The summed E-state index contributed by atoms with van der Waals surface area (Å²) in [7, 11) is 0. The standard InChI is InChI=1S/C11H18O/c1-9(2)11(10(3)4)7-5-6-8-12-11/h5-10H,1-4H3. The van der Waals surface area contributed by atoms with Crippen LogP contribution in [-0.2, 0) is 4.74 Å². The molecule has 0 radical (unpaired) electrons. The zero-order valence-corrected chi connectivity index (χ0v) is 8.37. The van der Waals surface area contributed by atoms with Gasteiger partial charge in [-0.05, 0) is 24.0 Å². The molecule has 0 aliphatic carbocycles. The van der Waals surface area contributed by atoms with Gasteiger partial charge in [0.05, 0.1) is 6.26 Å². The Hall–Kier alpha value is -0.720. The first-order valence-corrected chi connectivity index (χ1v) is 4.62. The highest BCUT2D eigenvalue weighted by Gasteiger charge is 2.36. The second kappa shape index (κ2) is 3.34. The Balaban J connectivity index is 2.88. The lowest BCUT2D eigenvalue weighted by Crippen LogP contribution is -2.41. The van der Waals surface area contributed by atoms with Gasteiger partial charge >= 0.3 is 0 Å². The van der Waals surface area contributed by atoms with E-state index in [-0.39, 0.29) is 5.60 Å². The molecule has 0 saturated carbocycles. The smallest absolute Gasteiger partial charge is 0.131 e. The molecule has 1 heterocycles. The number of hydrogen-bond donors (Lipinski definition) is 0. The number of rotatable bonds is 2. The topological polar surface area (TPSA) is 9.23 Å². The molecule has 1 aliphatic rings. The Morgan fingerprint density at radius 2 is 1.58 bits per heavy atom. The maximum atomic E-state index is 5.72. The van der Waals surface area contributed by atoms with Gasteiger partial charge in [0.25, 0.3) is 0 Å². The van der Waals surface area contributed by atoms with E-state index in [2.05, 4.69) is 39.8 Å². The van der Waals surface area contributed by atoms with E-state index in [0.29, 0.717) is 11.8 Å². The molecule has 1 rings (SSSR count). The fourth-order valence-corrected chi connectivity index (χ4v) is 1.77. The van der Waals surface area contributed by atoms with Gasteiger partial charge in [-0.25, -0.2) is 0 Å². The second-order valence-corrected chi connectivity index (χ2v) is 3.97. The van der Waals surface area contributed by atoms with Crippen LogP contribution >= 0.6 is 0 Å². The van der Waals surface area contributed by atoms with E-state index in [1.807, 2.05) is 6.08 Å². The van der Waals surface area contributed by atoms with Gasteiger partial charge in [-0.15, -0.1) is 0 Å². The molecule has 0 aromatic heterocycles. The Labute approximate surface area is 75.1 Å². The second-order valence-electron chi connectivity index (χ2n) is 3.97. The Morgan fingerprint density at radius 1 is 1.00 bits per heavy atom. The summed E-state index contributed by atoms with van der Waals surface area (Å²) in [6.45, 7) is 8.79. The molecule has 12 heavy (non-hydrogen) atoms. The van der Waals surface area contributed by atoms with Crippen LogP contribution in [0.1, 0.15) is 27.7 Å². The number of hydrogen-bond acceptors (Lipinski definition) is 1. The zero-order chi connectivity index (χ0) is 9.19. The van der Waals surface area contributed by atoms with Gasteiger partial charge in [-0.2, -0.15) is 0 Å². The van der Waals surface area contributed by atoms with Crippen LogP contribution in [0.4, 0.5) is 0 Å². The first-order valence-electron chi connectivity index (χ1n) is 4.62. The maximum Gasteiger partial charge on any atom is 0.131 e. The highest BCUT2D eigenvalue weighted by Crippen LogP contribution is 2.33. The van der Waals surface area contributed by atoms with E-state index in [9.17, 15) is 0 Å². The summed E-state index contributed by atoms with van der Waals surface area (Å²) in [5.41, 5.74) is -0.0885. The van der Waals surface area contributed by atoms with Crippen molar-refractivity contribution in [1.29, 1.82) is 0 Å². The Morgan fingerprint density at radius 3 is 1.83 bits per heavy atom. The van der Waals surface area contributed by atoms with E-state index < -0.39 is 0 Å². The highest BCUT2D eigenvalue weighted by molar-refractivity contribution is 5.16. The van der Waals surface area contributed by atoms with Crippen LogP contribution in [0, 0.1) is 11.8 Å². The largest absolute Gasteiger partial charge is 0.490 e. The summed E-state index contributed by atoms with van der Waals surface area (Å²) in [6.07, 6.45) is 7.97. The molecule has 1 aliphatic heterocycles. The number of ether oxygens (including phenoxy) is 1. The first-order chi connectivity index (χ1) is 5.59. The van der Waals surface area contributed by atoms with Crippen molar-refractivity contribution in [3.63, 3.8) is 0 Å². The SMILES string of the molecule is CC(C)C1(C(C)C)C=CC=CO1. The molecule has 0 fully saturated rings. The van der Waals surface area contributed by atoms with E-state index in [0.717, 1.165) is 0 Å². The summed E-state index contributed by atoms with van der Waals surface area (Å²) < 4.78 is 5.72. The summed E-state index contributed by atoms with van der Waals surface area (Å²) >= 11 is 0. The first kappa shape index (κ1) is 9.37. The van der Waals surface area contributed by atoms with Crippen molar-refractivity contribution in [1.82, 2.24) is 0 Å². The van der Waals surface area contributed by atoms with Crippen molar-refractivity contribution < 1.29 is 4.74 Å². The van der Waals surface area contributed by atoms with Crippen LogP contribution in [0.3, 0.4) is 0 Å². The van der Waals surface area contributed by atoms with Gasteiger partial charge in [0.1, 0.15) is 5.60 Å². The van der Waals surface area contributed by atoms with E-state index in [1.165, 1.54) is 0 Å². The fourth-order valence-electron chi connectivity index (χ4n) is 1.77. The van der Waals surface area contributed by atoms with Crippen LogP contribution in [0.5, 0.6) is 0 Å². The monoisotopic (exact) mass is 166 g/mol. The molecular weight excluding hydrogens is 148 g/mol. The van der Waals surface area contributed by atoms with Crippen molar-refractivity contribution in [3.05, 3.63) is 24.5 Å². The van der Waals surface area contributed by atoms with Gasteiger partial charge in [0.15, 0.2) is 0 Å². The quantitative estimate of drug-likeness (QED) is 0.612. The molecule has 0 saturated heterocycles. The van der Waals surface area contributed by atoms with Crippen LogP contribution in [0.15, 0.2) is 24.5 Å². The molecule has 0 amide bonds. The minimum Gasteiger partial charge on any atom is -0.490 e. The lowest BCUT2D eigenvalue weighted by molar-refractivity contribution is -0.0176. The van der Waals surface area contributed by atoms with Gasteiger partial charge in [0.2, 0.25) is 0 Å². The zero-order valence-electron chi connectivity index (χ0n) is 8.37. The van der Waals surface area contributed by atoms with E-state index in [1.54, 1.807) is 6.26 Å². The summed E-state index contributed by atoms with van der Waals surface area (Å²) in [5, 5.41) is 0. The Bertz CT molecular complexity index is 191. The third kappa shape index (κ3) is 1.40. The molecule has 0 N–H and O–H groups in total. The van der Waals surface area contributed by atoms with Crippen molar-refractivity contribution >= 4 is 0 Å². The van der Waals surface area contributed by atoms with Crippen LogP contribution < -0.4 is 0 Å². The van der Waals surface area contributed by atoms with Crippen LogP contribution in [-0.4, -0.2) is 5.60 Å². The summed E-state index contributed by atoms with van der Waals surface area (Å²) in [6, 6.07) is 0. The van der Waals surface area contributed by atoms with Gasteiger partial charge in [-0.3, -0.25) is 0 Å². The molecule has 1 nitrogen and oxygen atoms in total. The van der Waals surface area contributed by atoms with Crippen molar-refractivity contribution in [2.75, 3.05) is 0 Å². The molecular formula is C11H18O. The average molecular weight is 166 g/mol. The molecule has 68 valence electrons. The van der Waals surface area contributed by atoms with Crippen molar-refractivity contribution in [2.45, 2.75) is 33.3 Å². The number of allylic oxidation sites excluding steroid dienone is 2.